The first-order valence-electron chi connectivity index (χ1n) is 10.0. The highest BCUT2D eigenvalue weighted by Gasteiger charge is 2.35. The number of hydrogen-bond acceptors (Lipinski definition) is 8. The van der Waals surface area contributed by atoms with Crippen molar-refractivity contribution in [2.24, 2.45) is 4.99 Å². The SMILES string of the molecule is CCOC(=O)C1=C(C)N=c2s/c(=C/c3ccc(Br)o3)c(=O)n2[C@H]1c1cc(OC)ccc1OC. The standard InChI is InChI=1S/C23H21BrN2O6S/c1-5-31-22(28)19-12(2)25-23-26(20(19)15-10-13(29-3)6-8-16(15)30-4)21(27)17(33-23)11-14-7-9-18(24)32-14/h6-11,20H,5H2,1-4H3/b17-11+/t20-/m0/s1. The zero-order valence-electron chi connectivity index (χ0n) is 18.4. The van der Waals surface area contributed by atoms with Crippen molar-refractivity contribution in [3.63, 3.8) is 0 Å². The van der Waals surface area contributed by atoms with Crippen LogP contribution in [-0.4, -0.2) is 31.4 Å². The van der Waals surface area contributed by atoms with Gasteiger partial charge >= 0.3 is 5.97 Å². The summed E-state index contributed by atoms with van der Waals surface area (Å²) in [5.74, 6) is 1.04. The van der Waals surface area contributed by atoms with Gasteiger partial charge in [0, 0.05) is 11.6 Å². The lowest BCUT2D eigenvalue weighted by Crippen LogP contribution is -2.40. The van der Waals surface area contributed by atoms with Gasteiger partial charge in [0.05, 0.1) is 36.6 Å². The Hall–Kier alpha value is -3.11. The fraction of sp³-hybridized carbons (Fsp3) is 0.261. The molecule has 10 heteroatoms. The molecular weight excluding hydrogens is 512 g/mol. The van der Waals surface area contributed by atoms with Gasteiger partial charge in [0.1, 0.15) is 23.3 Å². The molecule has 0 radical (unpaired) electrons. The smallest absolute Gasteiger partial charge is 0.338 e. The highest BCUT2D eigenvalue weighted by Crippen LogP contribution is 2.37. The maximum Gasteiger partial charge on any atom is 0.338 e. The van der Waals surface area contributed by atoms with E-state index in [0.717, 1.165) is 0 Å². The third-order valence-corrected chi connectivity index (χ3v) is 6.52. The minimum Gasteiger partial charge on any atom is -0.497 e. The van der Waals surface area contributed by atoms with Crippen LogP contribution in [0.2, 0.25) is 0 Å². The summed E-state index contributed by atoms with van der Waals surface area (Å²) in [6, 6.07) is 7.93. The maximum absolute atomic E-state index is 13.6. The zero-order valence-corrected chi connectivity index (χ0v) is 20.8. The molecule has 33 heavy (non-hydrogen) atoms. The molecule has 1 aliphatic rings. The molecule has 0 N–H and O–H groups in total. The average Bonchev–Trinajstić information content (AvgIpc) is 3.34. The third kappa shape index (κ3) is 4.28. The van der Waals surface area contributed by atoms with Crippen LogP contribution in [-0.2, 0) is 9.53 Å². The number of methoxy groups -OCH3 is 2. The van der Waals surface area contributed by atoms with E-state index in [0.29, 0.717) is 42.5 Å². The van der Waals surface area contributed by atoms with Crippen molar-refractivity contribution in [3.8, 4) is 11.5 Å². The number of esters is 1. The summed E-state index contributed by atoms with van der Waals surface area (Å²) in [4.78, 5) is 31.6. The number of ether oxygens (including phenoxy) is 3. The highest BCUT2D eigenvalue weighted by molar-refractivity contribution is 9.10. The molecule has 0 bridgehead atoms. The van der Waals surface area contributed by atoms with E-state index >= 15 is 0 Å². The van der Waals surface area contributed by atoms with E-state index in [4.69, 9.17) is 18.6 Å². The molecule has 0 saturated carbocycles. The first-order valence-corrected chi connectivity index (χ1v) is 11.7. The lowest BCUT2D eigenvalue weighted by Gasteiger charge is -2.26. The van der Waals surface area contributed by atoms with Crippen molar-refractivity contribution < 1.29 is 23.4 Å². The van der Waals surface area contributed by atoms with Crippen molar-refractivity contribution in [3.05, 3.63) is 77.3 Å². The van der Waals surface area contributed by atoms with Crippen LogP contribution in [0.1, 0.15) is 31.2 Å². The van der Waals surface area contributed by atoms with Crippen molar-refractivity contribution >= 4 is 39.3 Å². The Labute approximate surface area is 201 Å². The lowest BCUT2D eigenvalue weighted by atomic mass is 9.95. The summed E-state index contributed by atoms with van der Waals surface area (Å²) in [7, 11) is 3.08. The summed E-state index contributed by atoms with van der Waals surface area (Å²) < 4.78 is 24.3. The fourth-order valence-corrected chi connectivity index (χ4v) is 5.02. The van der Waals surface area contributed by atoms with Crippen molar-refractivity contribution in [2.75, 3.05) is 20.8 Å². The number of benzene rings is 1. The van der Waals surface area contributed by atoms with E-state index < -0.39 is 12.0 Å². The first-order chi connectivity index (χ1) is 15.9. The molecule has 8 nitrogen and oxygen atoms in total. The van der Waals surface area contributed by atoms with Gasteiger partial charge in [-0.3, -0.25) is 9.36 Å². The fourth-order valence-electron chi connectivity index (χ4n) is 3.67. The van der Waals surface area contributed by atoms with Crippen molar-refractivity contribution in [1.82, 2.24) is 4.57 Å². The third-order valence-electron chi connectivity index (χ3n) is 5.12. The molecule has 0 spiro atoms. The van der Waals surface area contributed by atoms with E-state index in [9.17, 15) is 9.59 Å². The van der Waals surface area contributed by atoms with E-state index in [2.05, 4.69) is 20.9 Å². The largest absolute Gasteiger partial charge is 0.497 e. The number of carbonyl (C=O) groups excluding carboxylic acids is 1. The Kier molecular flexibility index (Phi) is 6.57. The molecule has 0 aliphatic carbocycles. The van der Waals surface area contributed by atoms with Gasteiger partial charge in [-0.25, -0.2) is 9.79 Å². The van der Waals surface area contributed by atoms with Crippen LogP contribution in [0.3, 0.4) is 0 Å². The Bertz CT molecular complexity index is 1430. The number of thiazole rings is 1. The number of allylic oxidation sites excluding steroid dienone is 1. The van der Waals surface area contributed by atoms with Crippen LogP contribution in [0.5, 0.6) is 11.5 Å². The van der Waals surface area contributed by atoms with Gasteiger partial charge in [0.25, 0.3) is 5.56 Å². The summed E-state index contributed by atoms with van der Waals surface area (Å²) in [5.41, 5.74) is 1.01. The molecule has 0 amide bonds. The molecule has 1 aromatic carbocycles. The number of carbonyl (C=O) groups is 1. The van der Waals surface area contributed by atoms with E-state index in [1.807, 2.05) is 0 Å². The van der Waals surface area contributed by atoms with E-state index in [1.165, 1.54) is 23.0 Å². The Morgan fingerprint density at radius 1 is 1.27 bits per heavy atom. The van der Waals surface area contributed by atoms with Crippen LogP contribution >= 0.6 is 27.3 Å². The zero-order chi connectivity index (χ0) is 23.7. The topological polar surface area (TPSA) is 92.3 Å². The molecule has 0 saturated heterocycles. The van der Waals surface area contributed by atoms with Crippen molar-refractivity contribution in [1.29, 1.82) is 0 Å². The molecule has 4 rings (SSSR count). The molecule has 2 aromatic heterocycles. The quantitative estimate of drug-likeness (QED) is 0.452. The van der Waals surface area contributed by atoms with Gasteiger partial charge in [-0.15, -0.1) is 0 Å². The van der Waals surface area contributed by atoms with Gasteiger partial charge < -0.3 is 18.6 Å². The lowest BCUT2D eigenvalue weighted by molar-refractivity contribution is -0.139. The van der Waals surface area contributed by atoms with Gasteiger partial charge in [0.2, 0.25) is 0 Å². The maximum atomic E-state index is 13.6. The minimum atomic E-state index is -0.809. The number of furan rings is 1. The van der Waals surface area contributed by atoms with Crippen LogP contribution < -0.4 is 24.4 Å². The second kappa shape index (κ2) is 9.40. The second-order valence-electron chi connectivity index (χ2n) is 7.05. The number of nitrogens with zero attached hydrogens (tertiary/aromatic N) is 2. The highest BCUT2D eigenvalue weighted by atomic mass is 79.9. The second-order valence-corrected chi connectivity index (χ2v) is 8.84. The average molecular weight is 533 g/mol. The molecule has 172 valence electrons. The predicted molar refractivity (Wildman–Crippen MR) is 126 cm³/mol. The van der Waals surface area contributed by atoms with Gasteiger partial charge in [-0.2, -0.15) is 0 Å². The van der Waals surface area contributed by atoms with Gasteiger partial charge in [-0.1, -0.05) is 11.3 Å². The van der Waals surface area contributed by atoms with Crippen LogP contribution in [0.15, 0.2) is 60.5 Å². The van der Waals surface area contributed by atoms with E-state index in [-0.39, 0.29) is 17.7 Å². The number of aromatic nitrogens is 1. The minimum absolute atomic E-state index is 0.190. The molecule has 0 fully saturated rings. The number of fused-ring (bicyclic) bond motifs is 1. The molecule has 3 aromatic rings. The predicted octanol–water partition coefficient (Wildman–Crippen LogP) is 3.17. The molecule has 0 unspecified atom stereocenters. The van der Waals surface area contributed by atoms with E-state index in [1.54, 1.807) is 57.4 Å². The number of hydrogen-bond donors (Lipinski definition) is 0. The van der Waals surface area contributed by atoms with Gasteiger partial charge in [-0.05, 0) is 60.1 Å². The number of rotatable bonds is 6. The molecular formula is C23H21BrN2O6S. The van der Waals surface area contributed by atoms with Crippen molar-refractivity contribution in [2.45, 2.75) is 19.9 Å². The number of halogens is 1. The first kappa shape index (κ1) is 23.1. The van der Waals surface area contributed by atoms with Gasteiger partial charge in [0.15, 0.2) is 9.47 Å². The summed E-state index contributed by atoms with van der Waals surface area (Å²) >= 11 is 4.48. The molecule has 1 atom stereocenters. The summed E-state index contributed by atoms with van der Waals surface area (Å²) in [5, 5.41) is 0. The Morgan fingerprint density at radius 3 is 2.70 bits per heavy atom. The normalized spacial score (nSPS) is 15.8. The summed E-state index contributed by atoms with van der Waals surface area (Å²) in [6.07, 6.45) is 1.65. The van der Waals surface area contributed by atoms with Crippen LogP contribution in [0.25, 0.3) is 6.08 Å². The molecule has 3 heterocycles. The van der Waals surface area contributed by atoms with Crippen LogP contribution in [0, 0.1) is 0 Å². The Morgan fingerprint density at radius 2 is 2.06 bits per heavy atom. The van der Waals surface area contributed by atoms with Crippen LogP contribution in [0.4, 0.5) is 0 Å². The molecule has 1 aliphatic heterocycles. The monoisotopic (exact) mass is 532 g/mol. The Balaban J connectivity index is 2.02. The summed E-state index contributed by atoms with van der Waals surface area (Å²) in [6.45, 7) is 3.65.